The van der Waals surface area contributed by atoms with E-state index in [1.807, 2.05) is 24.3 Å². The molecular formula is C31H25N. The number of benzene rings is 5. The first-order valence-corrected chi connectivity index (χ1v) is 10.9. The molecule has 32 heavy (non-hydrogen) atoms. The monoisotopic (exact) mass is 411 g/mol. The zero-order valence-electron chi connectivity index (χ0n) is 18.0. The van der Waals surface area contributed by atoms with Gasteiger partial charge in [-0.15, -0.1) is 0 Å². The summed E-state index contributed by atoms with van der Waals surface area (Å²) in [5.74, 6) is 0. The van der Waals surface area contributed by atoms with E-state index >= 15 is 0 Å². The average molecular weight is 412 g/mol. The summed E-state index contributed by atoms with van der Waals surface area (Å²) >= 11 is 0. The largest absolute Gasteiger partial charge is 0.398 e. The predicted molar refractivity (Wildman–Crippen MR) is 138 cm³/mol. The molecule has 0 spiro atoms. The summed E-state index contributed by atoms with van der Waals surface area (Å²) in [6.45, 7) is 4.40. The van der Waals surface area contributed by atoms with Gasteiger partial charge in [-0.05, 0) is 62.2 Å². The number of para-hydroxylation sites is 1. The maximum atomic E-state index is 6.17. The highest BCUT2D eigenvalue weighted by Gasteiger charge is 2.11. The van der Waals surface area contributed by atoms with E-state index in [0.717, 1.165) is 23.2 Å². The minimum Gasteiger partial charge on any atom is -0.398 e. The van der Waals surface area contributed by atoms with Crippen LogP contribution in [0.2, 0.25) is 0 Å². The molecule has 1 heteroatoms. The van der Waals surface area contributed by atoms with Crippen LogP contribution in [0, 0.1) is 0 Å². The molecule has 0 atom stereocenters. The van der Waals surface area contributed by atoms with Gasteiger partial charge in [-0.3, -0.25) is 0 Å². The van der Waals surface area contributed by atoms with Crippen LogP contribution in [0.5, 0.6) is 0 Å². The maximum Gasteiger partial charge on any atom is 0.0349 e. The van der Waals surface area contributed by atoms with Crippen molar-refractivity contribution < 1.29 is 0 Å². The first-order chi connectivity index (χ1) is 15.7. The molecule has 0 aliphatic carbocycles. The van der Waals surface area contributed by atoms with Crippen LogP contribution >= 0.6 is 0 Å². The predicted octanol–water partition coefficient (Wildman–Crippen LogP) is 8.01. The lowest BCUT2D eigenvalue weighted by atomic mass is 9.90. The van der Waals surface area contributed by atoms with Crippen molar-refractivity contribution in [1.29, 1.82) is 0 Å². The van der Waals surface area contributed by atoms with E-state index in [-0.39, 0.29) is 0 Å². The third-order valence-corrected chi connectivity index (χ3v) is 6.07. The standard InChI is InChI=1S/C31H25N/c1-22(21-26-11-5-8-14-31(26)32)27-19-20-28(30-13-7-6-12-29(27)30)25-17-15-24(16-18-25)23-9-3-2-4-10-23/h2-20H,1,21,32H2. The molecule has 5 aromatic rings. The van der Waals surface area contributed by atoms with E-state index in [1.165, 1.54) is 38.6 Å². The lowest BCUT2D eigenvalue weighted by Gasteiger charge is -2.15. The molecule has 0 aliphatic rings. The van der Waals surface area contributed by atoms with E-state index in [1.54, 1.807) is 0 Å². The zero-order chi connectivity index (χ0) is 21.9. The first-order valence-electron chi connectivity index (χ1n) is 10.9. The molecule has 0 saturated heterocycles. The van der Waals surface area contributed by atoms with Crippen molar-refractivity contribution in [3.05, 3.63) is 133 Å². The number of hydrogen-bond donors (Lipinski definition) is 1. The summed E-state index contributed by atoms with van der Waals surface area (Å²) in [6, 6.07) is 40.3. The molecule has 154 valence electrons. The van der Waals surface area contributed by atoms with E-state index in [4.69, 9.17) is 5.73 Å². The third kappa shape index (κ3) is 3.81. The molecular weight excluding hydrogens is 386 g/mol. The second-order valence-corrected chi connectivity index (χ2v) is 8.13. The number of hydrogen-bond acceptors (Lipinski definition) is 1. The summed E-state index contributed by atoms with van der Waals surface area (Å²) in [5, 5.41) is 2.45. The fourth-order valence-electron chi connectivity index (χ4n) is 4.35. The van der Waals surface area contributed by atoms with Crippen molar-refractivity contribution in [1.82, 2.24) is 0 Å². The van der Waals surface area contributed by atoms with Gasteiger partial charge in [0.1, 0.15) is 0 Å². The van der Waals surface area contributed by atoms with Crippen molar-refractivity contribution in [2.75, 3.05) is 5.73 Å². The number of nitrogens with two attached hydrogens (primary N) is 1. The molecule has 0 aliphatic heterocycles. The normalized spacial score (nSPS) is 10.9. The van der Waals surface area contributed by atoms with Crippen LogP contribution in [0.1, 0.15) is 11.1 Å². The summed E-state index contributed by atoms with van der Waals surface area (Å²) in [7, 11) is 0. The van der Waals surface area contributed by atoms with Gasteiger partial charge in [0, 0.05) is 5.69 Å². The lowest BCUT2D eigenvalue weighted by molar-refractivity contribution is 1.30. The van der Waals surface area contributed by atoms with E-state index in [0.29, 0.717) is 0 Å². The van der Waals surface area contributed by atoms with Gasteiger partial charge in [-0.25, -0.2) is 0 Å². The lowest BCUT2D eigenvalue weighted by Crippen LogP contribution is -1.97. The number of fused-ring (bicyclic) bond motifs is 1. The molecule has 0 unspecified atom stereocenters. The van der Waals surface area contributed by atoms with Gasteiger partial charge in [0.05, 0.1) is 0 Å². The van der Waals surface area contributed by atoms with Crippen LogP contribution in [-0.2, 0) is 6.42 Å². The summed E-state index contributed by atoms with van der Waals surface area (Å²) in [4.78, 5) is 0. The summed E-state index contributed by atoms with van der Waals surface area (Å²) < 4.78 is 0. The fraction of sp³-hybridized carbons (Fsp3) is 0.0323. The molecule has 0 fully saturated rings. The highest BCUT2D eigenvalue weighted by molar-refractivity contribution is 6.03. The number of allylic oxidation sites excluding steroid dienone is 1. The SMILES string of the molecule is C=C(Cc1ccccc1N)c1ccc(-c2ccc(-c3ccccc3)cc2)c2ccccc12. The van der Waals surface area contributed by atoms with Gasteiger partial charge in [0.15, 0.2) is 0 Å². The number of anilines is 1. The highest BCUT2D eigenvalue weighted by Crippen LogP contribution is 2.35. The maximum absolute atomic E-state index is 6.17. The first kappa shape index (κ1) is 19.8. The second-order valence-electron chi connectivity index (χ2n) is 8.13. The van der Waals surface area contributed by atoms with Crippen molar-refractivity contribution in [3.63, 3.8) is 0 Å². The molecule has 0 bridgehead atoms. The Labute approximate surface area is 189 Å². The van der Waals surface area contributed by atoms with Crippen LogP contribution in [0.25, 0.3) is 38.6 Å². The quantitative estimate of drug-likeness (QED) is 0.291. The summed E-state index contributed by atoms with van der Waals surface area (Å²) in [5.41, 5.74) is 15.3. The zero-order valence-corrected chi connectivity index (χ0v) is 18.0. The van der Waals surface area contributed by atoms with Crippen LogP contribution in [0.15, 0.2) is 122 Å². The van der Waals surface area contributed by atoms with E-state index in [2.05, 4.69) is 97.6 Å². The molecule has 0 aromatic heterocycles. The Balaban J connectivity index is 1.52. The van der Waals surface area contributed by atoms with Gasteiger partial charge >= 0.3 is 0 Å². The van der Waals surface area contributed by atoms with Gasteiger partial charge in [0.25, 0.3) is 0 Å². The molecule has 2 N–H and O–H groups in total. The Morgan fingerprint density at radius 3 is 1.91 bits per heavy atom. The van der Waals surface area contributed by atoms with Crippen molar-refractivity contribution in [2.45, 2.75) is 6.42 Å². The molecule has 0 amide bonds. The topological polar surface area (TPSA) is 26.0 Å². The van der Waals surface area contributed by atoms with Crippen LogP contribution in [0.3, 0.4) is 0 Å². The average Bonchev–Trinajstić information content (AvgIpc) is 2.85. The molecule has 5 rings (SSSR count). The van der Waals surface area contributed by atoms with Crippen molar-refractivity contribution in [3.8, 4) is 22.3 Å². The molecule has 0 heterocycles. The fourth-order valence-corrected chi connectivity index (χ4v) is 4.35. The Kier molecular flexibility index (Phi) is 5.31. The Hall–Kier alpha value is -4.10. The number of nitrogen functional groups attached to an aromatic ring is 1. The highest BCUT2D eigenvalue weighted by atomic mass is 14.6. The molecule has 0 radical (unpaired) electrons. The number of rotatable bonds is 5. The van der Waals surface area contributed by atoms with Gasteiger partial charge in [0.2, 0.25) is 0 Å². The molecule has 1 nitrogen and oxygen atoms in total. The minimum atomic E-state index is 0.738. The molecule has 5 aromatic carbocycles. The van der Waals surface area contributed by atoms with Crippen LogP contribution in [-0.4, -0.2) is 0 Å². The van der Waals surface area contributed by atoms with Crippen molar-refractivity contribution >= 4 is 22.0 Å². The van der Waals surface area contributed by atoms with Gasteiger partial charge in [-0.1, -0.05) is 116 Å². The van der Waals surface area contributed by atoms with E-state index in [9.17, 15) is 0 Å². The van der Waals surface area contributed by atoms with Crippen molar-refractivity contribution in [2.24, 2.45) is 0 Å². The van der Waals surface area contributed by atoms with Gasteiger partial charge < -0.3 is 5.73 Å². The minimum absolute atomic E-state index is 0.738. The van der Waals surface area contributed by atoms with E-state index < -0.39 is 0 Å². The van der Waals surface area contributed by atoms with Gasteiger partial charge in [-0.2, -0.15) is 0 Å². The third-order valence-electron chi connectivity index (χ3n) is 6.07. The van der Waals surface area contributed by atoms with Crippen LogP contribution < -0.4 is 5.73 Å². The Morgan fingerprint density at radius 2 is 1.16 bits per heavy atom. The Bertz CT molecular complexity index is 1400. The molecule has 0 saturated carbocycles. The summed E-state index contributed by atoms with van der Waals surface area (Å²) in [6.07, 6.45) is 0.738. The Morgan fingerprint density at radius 1 is 0.562 bits per heavy atom. The second kappa shape index (κ2) is 8.56. The van der Waals surface area contributed by atoms with Crippen LogP contribution in [0.4, 0.5) is 5.69 Å². The smallest absolute Gasteiger partial charge is 0.0349 e.